The first-order valence-electron chi connectivity index (χ1n) is 6.01. The summed E-state index contributed by atoms with van der Waals surface area (Å²) in [6.07, 6.45) is 0. The van der Waals surface area contributed by atoms with Gasteiger partial charge in [-0.3, -0.25) is 4.79 Å². The van der Waals surface area contributed by atoms with E-state index in [0.29, 0.717) is 16.9 Å². The number of rotatable bonds is 1. The van der Waals surface area contributed by atoms with Crippen LogP contribution in [0.15, 0.2) is 47.3 Å². The molecule has 0 spiro atoms. The van der Waals surface area contributed by atoms with E-state index in [2.05, 4.69) is 9.97 Å². The molecule has 0 aliphatic rings. The topological polar surface area (TPSA) is 71.8 Å². The second-order valence-electron chi connectivity index (χ2n) is 4.52. The number of hydrogen-bond donors (Lipinski definition) is 2. The van der Waals surface area contributed by atoms with E-state index >= 15 is 0 Å². The normalized spacial score (nSPS) is 10.8. The third-order valence-electron chi connectivity index (χ3n) is 3.06. The molecule has 0 bridgehead atoms. The minimum Gasteiger partial charge on any atom is -0.398 e. The van der Waals surface area contributed by atoms with Gasteiger partial charge in [-0.1, -0.05) is 24.3 Å². The Bertz CT molecular complexity index is 821. The number of hydrogen-bond acceptors (Lipinski definition) is 3. The van der Waals surface area contributed by atoms with E-state index in [1.54, 1.807) is 12.1 Å². The van der Waals surface area contributed by atoms with E-state index in [1.807, 2.05) is 37.3 Å². The van der Waals surface area contributed by atoms with Crippen LogP contribution in [0.25, 0.3) is 22.3 Å². The molecule has 0 fully saturated rings. The monoisotopic (exact) mass is 251 g/mol. The molecule has 3 N–H and O–H groups in total. The molecule has 3 rings (SSSR count). The Kier molecular flexibility index (Phi) is 2.56. The number of nitrogen functional groups attached to an aromatic ring is 1. The van der Waals surface area contributed by atoms with Gasteiger partial charge in [0.2, 0.25) is 0 Å². The van der Waals surface area contributed by atoms with Crippen LogP contribution >= 0.6 is 0 Å². The van der Waals surface area contributed by atoms with Gasteiger partial charge >= 0.3 is 0 Å². The number of nitrogens with one attached hydrogen (secondary N) is 1. The van der Waals surface area contributed by atoms with Crippen LogP contribution in [0.5, 0.6) is 0 Å². The Balaban J connectivity index is 2.31. The predicted octanol–water partition coefficient (Wildman–Crippen LogP) is 2.48. The summed E-state index contributed by atoms with van der Waals surface area (Å²) >= 11 is 0. The van der Waals surface area contributed by atoms with Gasteiger partial charge in [-0.2, -0.15) is 0 Å². The lowest BCUT2D eigenvalue weighted by atomic mass is 10.1. The Hall–Kier alpha value is -2.62. The molecular weight excluding hydrogens is 238 g/mol. The predicted molar refractivity (Wildman–Crippen MR) is 76.9 cm³/mol. The highest BCUT2D eigenvalue weighted by Gasteiger charge is 2.09. The van der Waals surface area contributed by atoms with Crippen molar-refractivity contribution in [3.05, 3.63) is 58.4 Å². The van der Waals surface area contributed by atoms with Crippen molar-refractivity contribution < 1.29 is 0 Å². The molecule has 0 radical (unpaired) electrons. The maximum Gasteiger partial charge on any atom is 0.275 e. The van der Waals surface area contributed by atoms with Gasteiger partial charge in [-0.25, -0.2) is 4.98 Å². The van der Waals surface area contributed by atoms with Crippen molar-refractivity contribution in [1.29, 1.82) is 0 Å². The maximum atomic E-state index is 12.1. The number of aromatic amines is 1. The summed E-state index contributed by atoms with van der Waals surface area (Å²) in [5.74, 6) is 0. The maximum absolute atomic E-state index is 12.1. The minimum atomic E-state index is -0.226. The summed E-state index contributed by atoms with van der Waals surface area (Å²) in [6.45, 7) is 1.97. The molecular formula is C15H13N3O. The lowest BCUT2D eigenvalue weighted by Crippen LogP contribution is -2.12. The Labute approximate surface area is 109 Å². The van der Waals surface area contributed by atoms with Crippen LogP contribution in [-0.4, -0.2) is 9.97 Å². The second-order valence-corrected chi connectivity index (χ2v) is 4.52. The number of nitrogens with zero attached hydrogens (tertiary/aromatic N) is 1. The van der Waals surface area contributed by atoms with Gasteiger partial charge in [0.1, 0.15) is 5.69 Å². The molecule has 0 atom stereocenters. The zero-order chi connectivity index (χ0) is 13.4. The molecule has 2 aromatic carbocycles. The molecule has 0 aliphatic carbocycles. The first-order valence-corrected chi connectivity index (χ1v) is 6.01. The molecule has 3 aromatic rings. The number of nitrogens with two attached hydrogens (primary N) is 1. The molecule has 94 valence electrons. The number of benzene rings is 2. The zero-order valence-corrected chi connectivity index (χ0v) is 10.5. The van der Waals surface area contributed by atoms with E-state index in [9.17, 15) is 4.79 Å². The average Bonchev–Trinajstić information content (AvgIpc) is 2.39. The van der Waals surface area contributed by atoms with Crippen LogP contribution in [0.3, 0.4) is 0 Å². The van der Waals surface area contributed by atoms with Gasteiger partial charge in [0.05, 0.1) is 11.0 Å². The smallest absolute Gasteiger partial charge is 0.275 e. The van der Waals surface area contributed by atoms with Gasteiger partial charge < -0.3 is 10.7 Å². The van der Waals surface area contributed by atoms with Crippen molar-refractivity contribution in [1.82, 2.24) is 9.97 Å². The van der Waals surface area contributed by atoms with Crippen molar-refractivity contribution >= 4 is 16.7 Å². The number of H-pyrrole nitrogens is 1. The van der Waals surface area contributed by atoms with E-state index in [-0.39, 0.29) is 5.56 Å². The lowest BCUT2D eigenvalue weighted by Gasteiger charge is -2.05. The van der Waals surface area contributed by atoms with Gasteiger partial charge in [0.25, 0.3) is 5.56 Å². The van der Waals surface area contributed by atoms with Gasteiger partial charge in [0, 0.05) is 11.3 Å². The molecule has 4 heteroatoms. The Morgan fingerprint density at radius 3 is 2.74 bits per heavy atom. The van der Waals surface area contributed by atoms with Gasteiger partial charge in [0.15, 0.2) is 0 Å². The zero-order valence-electron chi connectivity index (χ0n) is 10.5. The highest BCUT2D eigenvalue weighted by molar-refractivity contribution is 5.80. The molecule has 0 saturated heterocycles. The Morgan fingerprint density at radius 2 is 1.95 bits per heavy atom. The standard InChI is InChI=1S/C15H13N3O/c1-9-6-7-12-13(8-9)18-15(19)14(17-12)10-4-2-3-5-11(10)16/h2-8H,16H2,1H3,(H,18,19). The molecule has 0 saturated carbocycles. The highest BCUT2D eigenvalue weighted by Crippen LogP contribution is 2.22. The van der Waals surface area contributed by atoms with Crippen molar-refractivity contribution in [3.63, 3.8) is 0 Å². The van der Waals surface area contributed by atoms with Crippen LogP contribution in [0.4, 0.5) is 5.69 Å². The fourth-order valence-corrected chi connectivity index (χ4v) is 2.10. The Morgan fingerprint density at radius 1 is 1.16 bits per heavy atom. The summed E-state index contributed by atoms with van der Waals surface area (Å²) in [4.78, 5) is 19.4. The quantitative estimate of drug-likeness (QED) is 0.653. The number of para-hydroxylation sites is 1. The molecule has 1 heterocycles. The van der Waals surface area contributed by atoms with E-state index in [1.165, 1.54) is 0 Å². The summed E-state index contributed by atoms with van der Waals surface area (Å²) in [6, 6.07) is 13.0. The first-order chi connectivity index (χ1) is 9.15. The molecule has 0 unspecified atom stereocenters. The summed E-state index contributed by atoms with van der Waals surface area (Å²) in [5, 5.41) is 0. The van der Waals surface area contributed by atoms with Crippen LogP contribution < -0.4 is 11.3 Å². The van der Waals surface area contributed by atoms with E-state index in [4.69, 9.17) is 5.73 Å². The van der Waals surface area contributed by atoms with E-state index in [0.717, 1.165) is 16.6 Å². The van der Waals surface area contributed by atoms with Crippen LogP contribution in [0.2, 0.25) is 0 Å². The summed E-state index contributed by atoms with van der Waals surface area (Å²) in [7, 11) is 0. The second kappa shape index (κ2) is 4.24. The van der Waals surface area contributed by atoms with Crippen molar-refractivity contribution in [2.75, 3.05) is 5.73 Å². The van der Waals surface area contributed by atoms with Crippen LogP contribution in [-0.2, 0) is 0 Å². The average molecular weight is 251 g/mol. The first kappa shape index (κ1) is 11.5. The van der Waals surface area contributed by atoms with Crippen LogP contribution in [0.1, 0.15) is 5.56 Å². The van der Waals surface area contributed by atoms with Crippen LogP contribution in [0, 0.1) is 6.92 Å². The number of aryl methyl sites for hydroxylation is 1. The summed E-state index contributed by atoms with van der Waals surface area (Å²) in [5.41, 5.74) is 9.81. The highest BCUT2D eigenvalue weighted by atomic mass is 16.1. The molecule has 1 aromatic heterocycles. The molecule has 0 aliphatic heterocycles. The minimum absolute atomic E-state index is 0.226. The number of fused-ring (bicyclic) bond motifs is 1. The van der Waals surface area contributed by atoms with Gasteiger partial charge in [-0.15, -0.1) is 0 Å². The van der Waals surface area contributed by atoms with Crippen molar-refractivity contribution in [2.24, 2.45) is 0 Å². The fraction of sp³-hybridized carbons (Fsp3) is 0.0667. The summed E-state index contributed by atoms with van der Waals surface area (Å²) < 4.78 is 0. The molecule has 4 nitrogen and oxygen atoms in total. The van der Waals surface area contributed by atoms with Crippen molar-refractivity contribution in [3.8, 4) is 11.3 Å². The molecule has 19 heavy (non-hydrogen) atoms. The third kappa shape index (κ3) is 1.97. The van der Waals surface area contributed by atoms with Gasteiger partial charge in [-0.05, 0) is 30.7 Å². The number of anilines is 1. The third-order valence-corrected chi connectivity index (χ3v) is 3.06. The fourth-order valence-electron chi connectivity index (χ4n) is 2.10. The lowest BCUT2D eigenvalue weighted by molar-refractivity contribution is 1.22. The van der Waals surface area contributed by atoms with Crippen molar-refractivity contribution in [2.45, 2.75) is 6.92 Å². The molecule has 0 amide bonds. The largest absolute Gasteiger partial charge is 0.398 e. The van der Waals surface area contributed by atoms with E-state index < -0.39 is 0 Å². The number of aromatic nitrogens is 2. The SMILES string of the molecule is Cc1ccc2nc(-c3ccccc3N)c(=O)[nH]c2c1.